The van der Waals surface area contributed by atoms with Gasteiger partial charge in [0.25, 0.3) is 0 Å². The van der Waals surface area contributed by atoms with E-state index in [4.69, 9.17) is 15.9 Å². The Morgan fingerprint density at radius 2 is 1.28 bits per heavy atom. The molecule has 1 rings (SSSR count). The zero-order chi connectivity index (χ0) is 18.6. The molecule has 0 heterocycles. The molecule has 0 bridgehead atoms. The average molecular weight is 372 g/mol. The number of nitrogens with two attached hydrogens (primary N) is 1. The van der Waals surface area contributed by atoms with Crippen molar-refractivity contribution in [2.24, 2.45) is 5.73 Å². The summed E-state index contributed by atoms with van der Waals surface area (Å²) < 4.78 is 0. The topological polar surface area (TPSA) is 66.5 Å². The SMILES string of the molecule is C[Si](C)(CCCCCCCCCCC(N)(CO)CO)C1CCCCC1. The van der Waals surface area contributed by atoms with E-state index in [9.17, 15) is 0 Å². The quantitative estimate of drug-likeness (QED) is 0.289. The number of rotatable bonds is 14. The summed E-state index contributed by atoms with van der Waals surface area (Å²) in [6.45, 7) is 5.03. The van der Waals surface area contributed by atoms with Crippen LogP contribution in [0, 0.1) is 0 Å². The van der Waals surface area contributed by atoms with Gasteiger partial charge < -0.3 is 15.9 Å². The molecule has 25 heavy (non-hydrogen) atoms. The average Bonchev–Trinajstić information content (AvgIpc) is 2.63. The summed E-state index contributed by atoms with van der Waals surface area (Å²) in [6.07, 6.45) is 18.6. The van der Waals surface area contributed by atoms with Crippen LogP contribution >= 0.6 is 0 Å². The van der Waals surface area contributed by atoms with Crippen molar-refractivity contribution in [2.45, 2.75) is 120 Å². The molecule has 1 saturated carbocycles. The lowest BCUT2D eigenvalue weighted by atomic mass is 9.94. The molecule has 1 aliphatic carbocycles. The van der Waals surface area contributed by atoms with Crippen LogP contribution in [0.25, 0.3) is 0 Å². The second-order valence-corrected chi connectivity index (χ2v) is 14.6. The van der Waals surface area contributed by atoms with Crippen LogP contribution in [0.5, 0.6) is 0 Å². The molecule has 1 aliphatic rings. The first kappa shape index (κ1) is 23.1. The normalized spacial score (nSPS) is 17.2. The fourth-order valence-corrected chi connectivity index (χ4v) is 7.96. The minimum atomic E-state index is -0.967. The molecule has 0 saturated heterocycles. The Kier molecular flexibility index (Phi) is 11.5. The Balaban J connectivity index is 1.95. The standard InChI is InChI=1S/C21H45NO2Si/c1-25(2,20-14-10-9-11-15-20)17-13-8-6-4-3-5-7-12-16-21(22,18-23)19-24/h20,23-24H,3-19,22H2,1-2H3. The summed E-state index contributed by atoms with van der Waals surface area (Å²) in [5.41, 5.74) is 6.22. The van der Waals surface area contributed by atoms with E-state index < -0.39 is 13.6 Å². The first-order valence-corrected chi connectivity index (χ1v) is 14.2. The molecule has 0 atom stereocenters. The Morgan fingerprint density at radius 1 is 0.800 bits per heavy atom. The van der Waals surface area contributed by atoms with Gasteiger partial charge in [-0.2, -0.15) is 0 Å². The number of hydrogen-bond donors (Lipinski definition) is 3. The maximum absolute atomic E-state index is 9.17. The van der Waals surface area contributed by atoms with Crippen LogP contribution in [-0.4, -0.2) is 37.0 Å². The lowest BCUT2D eigenvalue weighted by Crippen LogP contribution is -2.47. The number of aliphatic hydroxyl groups excluding tert-OH is 2. The van der Waals surface area contributed by atoms with E-state index in [-0.39, 0.29) is 13.2 Å². The largest absolute Gasteiger partial charge is 0.394 e. The van der Waals surface area contributed by atoms with Gasteiger partial charge in [0, 0.05) is 0 Å². The van der Waals surface area contributed by atoms with Crippen LogP contribution in [0.1, 0.15) is 89.9 Å². The molecule has 0 aromatic rings. The van der Waals surface area contributed by atoms with Crippen molar-refractivity contribution in [2.75, 3.05) is 13.2 Å². The molecule has 0 radical (unpaired) electrons. The third-order valence-corrected chi connectivity index (χ3v) is 11.0. The Hall–Kier alpha value is 0.0969. The van der Waals surface area contributed by atoms with Gasteiger partial charge in [0.15, 0.2) is 0 Å². The summed E-state index contributed by atoms with van der Waals surface area (Å²) in [6, 6.07) is 1.54. The summed E-state index contributed by atoms with van der Waals surface area (Å²) in [5, 5.41) is 18.3. The molecule has 0 aromatic heterocycles. The highest BCUT2D eigenvalue weighted by Crippen LogP contribution is 2.39. The van der Waals surface area contributed by atoms with Gasteiger partial charge >= 0.3 is 0 Å². The second-order valence-electron chi connectivity index (χ2n) is 9.33. The maximum Gasteiger partial charge on any atom is 0.0633 e. The van der Waals surface area contributed by atoms with Gasteiger partial charge in [0.1, 0.15) is 0 Å². The highest BCUT2D eigenvalue weighted by molar-refractivity contribution is 6.78. The highest BCUT2D eigenvalue weighted by atomic mass is 28.3. The van der Waals surface area contributed by atoms with Crippen LogP contribution < -0.4 is 5.73 Å². The van der Waals surface area contributed by atoms with Crippen molar-refractivity contribution in [1.29, 1.82) is 0 Å². The monoisotopic (exact) mass is 371 g/mol. The third-order valence-electron chi connectivity index (χ3n) is 6.59. The van der Waals surface area contributed by atoms with Crippen LogP contribution in [0.2, 0.25) is 24.7 Å². The van der Waals surface area contributed by atoms with Crippen molar-refractivity contribution in [1.82, 2.24) is 0 Å². The van der Waals surface area contributed by atoms with Gasteiger partial charge in [-0.25, -0.2) is 0 Å². The van der Waals surface area contributed by atoms with E-state index in [1.165, 1.54) is 77.0 Å². The van der Waals surface area contributed by atoms with Crippen LogP contribution in [0.15, 0.2) is 0 Å². The smallest absolute Gasteiger partial charge is 0.0633 e. The van der Waals surface area contributed by atoms with E-state index in [0.717, 1.165) is 18.4 Å². The highest BCUT2D eigenvalue weighted by Gasteiger charge is 2.31. The fourth-order valence-electron chi connectivity index (χ4n) is 4.41. The first-order chi connectivity index (χ1) is 11.9. The lowest BCUT2D eigenvalue weighted by Gasteiger charge is -2.35. The predicted molar refractivity (Wildman–Crippen MR) is 112 cm³/mol. The van der Waals surface area contributed by atoms with Crippen LogP contribution in [0.4, 0.5) is 0 Å². The van der Waals surface area contributed by atoms with Gasteiger partial charge in [0.05, 0.1) is 26.8 Å². The Morgan fingerprint density at radius 3 is 1.80 bits per heavy atom. The number of unbranched alkanes of at least 4 members (excludes halogenated alkanes) is 7. The number of aliphatic hydroxyl groups is 2. The molecule has 1 fully saturated rings. The molecule has 0 aromatic carbocycles. The van der Waals surface area contributed by atoms with Crippen LogP contribution in [0.3, 0.4) is 0 Å². The number of hydrogen-bond acceptors (Lipinski definition) is 3. The zero-order valence-electron chi connectivity index (χ0n) is 17.1. The van der Waals surface area contributed by atoms with E-state index in [0.29, 0.717) is 0 Å². The van der Waals surface area contributed by atoms with Crippen LogP contribution in [-0.2, 0) is 0 Å². The summed E-state index contributed by atoms with van der Waals surface area (Å²) >= 11 is 0. The fraction of sp³-hybridized carbons (Fsp3) is 1.00. The first-order valence-electron chi connectivity index (χ1n) is 10.9. The van der Waals surface area contributed by atoms with Gasteiger partial charge in [0.2, 0.25) is 0 Å². The molecular weight excluding hydrogens is 326 g/mol. The van der Waals surface area contributed by atoms with Crippen molar-refractivity contribution in [3.63, 3.8) is 0 Å². The van der Waals surface area contributed by atoms with Crippen molar-refractivity contribution in [3.05, 3.63) is 0 Å². The maximum atomic E-state index is 9.17. The molecule has 0 amide bonds. The summed E-state index contributed by atoms with van der Waals surface area (Å²) in [7, 11) is -0.967. The van der Waals surface area contributed by atoms with E-state index in [2.05, 4.69) is 13.1 Å². The van der Waals surface area contributed by atoms with E-state index >= 15 is 0 Å². The molecule has 0 spiro atoms. The molecule has 150 valence electrons. The van der Waals surface area contributed by atoms with Crippen molar-refractivity contribution in [3.8, 4) is 0 Å². The molecule has 0 aliphatic heterocycles. The molecule has 4 N–H and O–H groups in total. The predicted octanol–water partition coefficient (Wildman–Crippen LogP) is 5.22. The van der Waals surface area contributed by atoms with Crippen molar-refractivity contribution < 1.29 is 10.2 Å². The summed E-state index contributed by atoms with van der Waals surface area (Å²) in [4.78, 5) is 0. The third kappa shape index (κ3) is 9.55. The van der Waals surface area contributed by atoms with E-state index in [1.54, 1.807) is 6.04 Å². The van der Waals surface area contributed by atoms with Gasteiger partial charge in [-0.1, -0.05) is 103 Å². The van der Waals surface area contributed by atoms with Gasteiger partial charge in [-0.15, -0.1) is 0 Å². The second kappa shape index (κ2) is 12.5. The molecule has 3 nitrogen and oxygen atoms in total. The van der Waals surface area contributed by atoms with Gasteiger partial charge in [-0.05, 0) is 12.0 Å². The van der Waals surface area contributed by atoms with Gasteiger partial charge in [-0.3, -0.25) is 0 Å². The Labute approximate surface area is 157 Å². The molecule has 4 heteroatoms. The zero-order valence-corrected chi connectivity index (χ0v) is 18.1. The summed E-state index contributed by atoms with van der Waals surface area (Å²) in [5.74, 6) is 0. The Bertz CT molecular complexity index is 326. The molecule has 0 unspecified atom stereocenters. The minimum absolute atomic E-state index is 0.121. The van der Waals surface area contributed by atoms with E-state index in [1.807, 2.05) is 0 Å². The lowest BCUT2D eigenvalue weighted by molar-refractivity contribution is 0.112. The minimum Gasteiger partial charge on any atom is -0.394 e. The van der Waals surface area contributed by atoms with Crippen molar-refractivity contribution >= 4 is 8.07 Å². The molecular formula is C21H45NO2Si.